The maximum Gasteiger partial charge on any atom is 0.244 e. The van der Waals surface area contributed by atoms with Crippen molar-refractivity contribution in [1.82, 2.24) is 20.4 Å². The zero-order valence-corrected chi connectivity index (χ0v) is 23.9. The molecule has 216 valence electrons. The van der Waals surface area contributed by atoms with Gasteiger partial charge in [0.1, 0.15) is 23.0 Å². The van der Waals surface area contributed by atoms with E-state index in [0.29, 0.717) is 31.5 Å². The van der Waals surface area contributed by atoms with E-state index in [1.807, 2.05) is 38.2 Å². The Morgan fingerprint density at radius 1 is 1.00 bits per heavy atom. The lowest BCUT2D eigenvalue weighted by molar-refractivity contribution is -0.161. The highest BCUT2D eigenvalue weighted by Gasteiger charge is 2.56. The van der Waals surface area contributed by atoms with E-state index in [4.69, 9.17) is 0 Å². The van der Waals surface area contributed by atoms with Crippen molar-refractivity contribution in [2.75, 3.05) is 26.7 Å². The lowest BCUT2D eigenvalue weighted by atomic mass is 9.78. The highest BCUT2D eigenvalue weighted by atomic mass is 19.1. The van der Waals surface area contributed by atoms with Gasteiger partial charge in [0, 0.05) is 30.3 Å². The minimum absolute atomic E-state index is 0.0258. The summed E-state index contributed by atoms with van der Waals surface area (Å²) in [4.78, 5) is 31.1. The van der Waals surface area contributed by atoms with Crippen molar-refractivity contribution < 1.29 is 18.4 Å². The van der Waals surface area contributed by atoms with Crippen molar-refractivity contribution in [3.8, 4) is 11.8 Å². The molecule has 3 aliphatic heterocycles. The highest BCUT2D eigenvalue weighted by Crippen LogP contribution is 2.48. The maximum atomic E-state index is 14.4. The fourth-order valence-corrected chi connectivity index (χ4v) is 7.96. The largest absolute Gasteiger partial charge is 0.368 e. The van der Waals surface area contributed by atoms with Crippen molar-refractivity contribution in [1.29, 1.82) is 0 Å². The number of allylic oxidation sites excluding steroid dienone is 1. The second-order valence-corrected chi connectivity index (χ2v) is 12.7. The zero-order valence-electron chi connectivity index (χ0n) is 23.9. The Hall–Kier alpha value is -3.96. The van der Waals surface area contributed by atoms with Crippen LogP contribution in [0.5, 0.6) is 0 Å². The number of fused-ring (bicyclic) bond motifs is 2. The van der Waals surface area contributed by atoms with E-state index in [0.717, 1.165) is 59.8 Å². The number of hydrogen-bond donors (Lipinski definition) is 2. The molecule has 0 unspecified atom stereocenters. The molecule has 2 atom stereocenters. The molecule has 2 aromatic rings. The first-order chi connectivity index (χ1) is 20.1. The molecule has 1 saturated carbocycles. The number of nitrogens with zero attached hydrogens (tertiary/aromatic N) is 2. The van der Waals surface area contributed by atoms with Gasteiger partial charge in [-0.1, -0.05) is 42.9 Å². The normalized spacial score (nSPS) is 27.7. The summed E-state index contributed by atoms with van der Waals surface area (Å²) in [5, 5.41) is 6.30. The van der Waals surface area contributed by atoms with Crippen molar-refractivity contribution >= 4 is 11.8 Å². The number of likely N-dealkylation sites (N-methyl/N-ethyl adjacent to an activating group) is 1. The molecular weight excluding hydrogens is 534 g/mol. The molecule has 1 saturated heterocycles. The van der Waals surface area contributed by atoms with Gasteiger partial charge in [0.05, 0.1) is 17.5 Å². The van der Waals surface area contributed by atoms with Crippen molar-refractivity contribution in [3.63, 3.8) is 0 Å². The third-order valence-electron chi connectivity index (χ3n) is 10.2. The van der Waals surface area contributed by atoms with Crippen LogP contribution < -0.4 is 10.6 Å². The van der Waals surface area contributed by atoms with Crippen LogP contribution in [-0.2, 0) is 28.0 Å². The van der Waals surface area contributed by atoms with Crippen LogP contribution >= 0.6 is 0 Å². The SMILES string of the molecule is CN1C[C@@](C)(c2cc(F)cc(F)c2)N(CC#Cc2ccc3c(c2)C[C@@]2(C3)C(=O)NC3=C2C=CCN3)C(=O)C12CCCC2. The number of carbonyl (C=O) groups is 2. The summed E-state index contributed by atoms with van der Waals surface area (Å²) in [5.41, 5.74) is 2.34. The summed E-state index contributed by atoms with van der Waals surface area (Å²) >= 11 is 0. The van der Waals surface area contributed by atoms with Crippen LogP contribution in [0.2, 0.25) is 0 Å². The van der Waals surface area contributed by atoms with E-state index in [1.54, 1.807) is 4.90 Å². The number of amides is 2. The molecule has 2 amide bonds. The van der Waals surface area contributed by atoms with E-state index in [-0.39, 0.29) is 18.4 Å². The third-order valence-corrected chi connectivity index (χ3v) is 10.2. The van der Waals surface area contributed by atoms with Gasteiger partial charge in [-0.05, 0) is 80.6 Å². The number of carbonyl (C=O) groups excluding carboxylic acids is 2. The first kappa shape index (κ1) is 26.9. The van der Waals surface area contributed by atoms with Gasteiger partial charge in [-0.15, -0.1) is 0 Å². The van der Waals surface area contributed by atoms with Crippen LogP contribution in [0.15, 0.2) is 59.9 Å². The number of dihydropyridines is 1. The van der Waals surface area contributed by atoms with Crippen LogP contribution in [0, 0.1) is 28.9 Å². The minimum atomic E-state index is -0.954. The molecule has 5 aliphatic rings. The summed E-state index contributed by atoms with van der Waals surface area (Å²) in [6.07, 6.45) is 8.83. The molecule has 42 heavy (non-hydrogen) atoms. The number of piperazine rings is 1. The van der Waals surface area contributed by atoms with E-state index < -0.39 is 28.1 Å². The second-order valence-electron chi connectivity index (χ2n) is 12.7. The van der Waals surface area contributed by atoms with E-state index in [1.165, 1.54) is 12.1 Å². The smallest absolute Gasteiger partial charge is 0.244 e. The molecule has 2 N–H and O–H groups in total. The molecule has 0 radical (unpaired) electrons. The van der Waals surface area contributed by atoms with Gasteiger partial charge in [-0.25, -0.2) is 8.78 Å². The van der Waals surface area contributed by atoms with E-state index in [9.17, 15) is 18.4 Å². The summed E-state index contributed by atoms with van der Waals surface area (Å²) in [7, 11) is 1.94. The first-order valence-electron chi connectivity index (χ1n) is 14.7. The summed E-state index contributed by atoms with van der Waals surface area (Å²) < 4.78 is 28.7. The van der Waals surface area contributed by atoms with Gasteiger partial charge in [0.2, 0.25) is 11.8 Å². The summed E-state index contributed by atoms with van der Waals surface area (Å²) in [6, 6.07) is 9.57. The molecule has 8 heteroatoms. The quantitative estimate of drug-likeness (QED) is 0.540. The molecule has 2 spiro atoms. The second kappa shape index (κ2) is 9.53. The Balaban J connectivity index is 1.18. The number of nitrogens with one attached hydrogen (secondary N) is 2. The monoisotopic (exact) mass is 568 g/mol. The van der Waals surface area contributed by atoms with Gasteiger partial charge < -0.3 is 15.5 Å². The Labute approximate surface area is 244 Å². The first-order valence-corrected chi connectivity index (χ1v) is 14.7. The summed E-state index contributed by atoms with van der Waals surface area (Å²) in [6.45, 7) is 3.16. The molecule has 7 rings (SSSR count). The lowest BCUT2D eigenvalue weighted by Crippen LogP contribution is -2.70. The summed E-state index contributed by atoms with van der Waals surface area (Å²) in [5.74, 6) is 5.95. The fourth-order valence-electron chi connectivity index (χ4n) is 7.96. The number of hydrogen-bond acceptors (Lipinski definition) is 4. The van der Waals surface area contributed by atoms with Crippen LogP contribution in [0.1, 0.15) is 54.9 Å². The molecule has 3 heterocycles. The van der Waals surface area contributed by atoms with Crippen LogP contribution in [0.25, 0.3) is 0 Å². The Morgan fingerprint density at radius 3 is 2.50 bits per heavy atom. The third kappa shape index (κ3) is 3.94. The van der Waals surface area contributed by atoms with Gasteiger partial charge in [-0.2, -0.15) is 0 Å². The Bertz CT molecular complexity index is 1630. The predicted molar refractivity (Wildman–Crippen MR) is 155 cm³/mol. The van der Waals surface area contributed by atoms with Gasteiger partial charge in [0.15, 0.2) is 0 Å². The van der Waals surface area contributed by atoms with E-state index in [2.05, 4.69) is 33.5 Å². The van der Waals surface area contributed by atoms with Gasteiger partial charge in [-0.3, -0.25) is 14.5 Å². The molecule has 2 aromatic carbocycles. The molecule has 0 aromatic heterocycles. The highest BCUT2D eigenvalue weighted by molar-refractivity contribution is 5.94. The number of benzene rings is 2. The fraction of sp³-hybridized carbons (Fsp3) is 0.412. The predicted octanol–water partition coefficient (Wildman–Crippen LogP) is 3.90. The molecule has 2 fully saturated rings. The van der Waals surface area contributed by atoms with Crippen molar-refractivity contribution in [2.45, 2.75) is 56.5 Å². The number of rotatable bonds is 2. The zero-order chi connectivity index (χ0) is 29.3. The van der Waals surface area contributed by atoms with Gasteiger partial charge >= 0.3 is 0 Å². The average molecular weight is 569 g/mol. The lowest BCUT2D eigenvalue weighted by Gasteiger charge is -2.55. The van der Waals surface area contributed by atoms with Gasteiger partial charge in [0.25, 0.3) is 0 Å². The van der Waals surface area contributed by atoms with Crippen LogP contribution in [0.3, 0.4) is 0 Å². The van der Waals surface area contributed by atoms with Crippen molar-refractivity contribution in [2.24, 2.45) is 5.41 Å². The standard InChI is InChI=1S/C34H34F2N4O2/c1-32(25-16-26(35)18-27(36)17-25)21-39(2)34(11-3-4-12-34)31(42)40(32)14-6-7-22-9-10-23-19-33(20-24(23)15-22)28-8-5-13-37-29(28)38-30(33)41/h5,8-10,15-18,37H,3-4,11-14,19-21H2,1-2H3,(H,38,41)/t32-,33+/m0/s1. The Kier molecular flexibility index (Phi) is 6.11. The topological polar surface area (TPSA) is 64.7 Å². The molecule has 2 aliphatic carbocycles. The average Bonchev–Trinajstić information content (AvgIpc) is 3.66. The van der Waals surface area contributed by atoms with Crippen molar-refractivity contribution in [3.05, 3.63) is 93.8 Å². The van der Waals surface area contributed by atoms with Crippen LogP contribution in [-0.4, -0.2) is 53.8 Å². The Morgan fingerprint density at radius 2 is 1.74 bits per heavy atom. The number of halogens is 2. The minimum Gasteiger partial charge on any atom is -0.368 e. The molecule has 0 bridgehead atoms. The van der Waals surface area contributed by atoms with E-state index >= 15 is 0 Å². The maximum absolute atomic E-state index is 14.4. The molecular formula is C34H34F2N4O2. The van der Waals surface area contributed by atoms with Crippen LogP contribution in [0.4, 0.5) is 8.78 Å². The molecule has 6 nitrogen and oxygen atoms in total.